The van der Waals surface area contributed by atoms with E-state index < -0.39 is 0 Å². The van der Waals surface area contributed by atoms with E-state index in [9.17, 15) is 0 Å². The molecule has 1 aliphatic rings. The van der Waals surface area contributed by atoms with Crippen LogP contribution in [0.15, 0.2) is 18.2 Å². The first-order chi connectivity index (χ1) is 9.67. The molecule has 0 saturated carbocycles. The highest BCUT2D eigenvalue weighted by Gasteiger charge is 2.32. The lowest BCUT2D eigenvalue weighted by atomic mass is 10.0. The topological polar surface area (TPSA) is 38.0 Å². The van der Waals surface area contributed by atoms with Crippen molar-refractivity contribution in [3.8, 4) is 0 Å². The average Bonchev–Trinajstić information content (AvgIpc) is 2.47. The van der Waals surface area contributed by atoms with Gasteiger partial charge in [0.2, 0.25) is 0 Å². The summed E-state index contributed by atoms with van der Waals surface area (Å²) < 4.78 is 0. The van der Waals surface area contributed by atoms with Crippen LogP contribution < -0.4 is 11.3 Å². The molecule has 1 aromatic rings. The summed E-state index contributed by atoms with van der Waals surface area (Å²) in [5.41, 5.74) is 3.98. The third-order valence-electron chi connectivity index (χ3n) is 3.59. The Labute approximate surface area is 139 Å². The molecule has 20 heavy (non-hydrogen) atoms. The zero-order valence-corrected chi connectivity index (χ0v) is 14.6. The van der Waals surface area contributed by atoms with Crippen molar-refractivity contribution in [2.45, 2.75) is 36.3 Å². The van der Waals surface area contributed by atoms with Gasteiger partial charge in [0.1, 0.15) is 0 Å². The highest BCUT2D eigenvalue weighted by molar-refractivity contribution is 8.07. The summed E-state index contributed by atoms with van der Waals surface area (Å²) in [6.07, 6.45) is 1.93. The highest BCUT2D eigenvalue weighted by atomic mass is 35.5. The summed E-state index contributed by atoms with van der Waals surface area (Å²) in [5, 5.41) is 2.57. The zero-order chi connectivity index (χ0) is 14.5. The second-order valence-corrected chi connectivity index (χ2v) is 8.28. The summed E-state index contributed by atoms with van der Waals surface area (Å²) >= 11 is 16.6. The Balaban J connectivity index is 2.15. The Kier molecular flexibility index (Phi) is 6.85. The minimum absolute atomic E-state index is 0.190. The lowest BCUT2D eigenvalue weighted by Gasteiger charge is -2.35. The molecule has 1 fully saturated rings. The Morgan fingerprint density at radius 1 is 1.30 bits per heavy atom. The molecule has 1 aliphatic heterocycles. The molecule has 112 valence electrons. The van der Waals surface area contributed by atoms with Crippen molar-refractivity contribution in [2.24, 2.45) is 5.84 Å². The van der Waals surface area contributed by atoms with E-state index in [0.29, 0.717) is 10.5 Å². The van der Waals surface area contributed by atoms with E-state index in [2.05, 4.69) is 24.1 Å². The van der Waals surface area contributed by atoms with Gasteiger partial charge in [-0.1, -0.05) is 36.2 Å². The number of thioether (sulfide) groups is 2. The summed E-state index contributed by atoms with van der Waals surface area (Å²) in [7, 11) is 0. The van der Waals surface area contributed by atoms with Crippen LogP contribution in [0.1, 0.15) is 18.9 Å². The number of rotatable bonds is 5. The standard InChI is InChI=1S/C14H20Cl2N2S2/c1-2-13-14(20-7-6-19-13)12(18-17)8-9-10(15)4-3-5-11(9)16/h3-5,12-14,18H,2,6-8,17H2,1H3. The van der Waals surface area contributed by atoms with Crippen LogP contribution >= 0.6 is 46.7 Å². The third kappa shape index (κ3) is 3.99. The molecule has 1 saturated heterocycles. The van der Waals surface area contributed by atoms with Crippen LogP contribution in [-0.4, -0.2) is 28.0 Å². The fraction of sp³-hybridized carbons (Fsp3) is 0.571. The SMILES string of the molecule is CCC1SCCSC1C(Cc1c(Cl)cccc1Cl)NN. The van der Waals surface area contributed by atoms with Gasteiger partial charge in [-0.05, 0) is 30.5 Å². The number of hydrazine groups is 1. The predicted octanol–water partition coefficient (Wildman–Crippen LogP) is 4.00. The predicted molar refractivity (Wildman–Crippen MR) is 94.1 cm³/mol. The lowest BCUT2D eigenvalue weighted by Crippen LogP contribution is -2.49. The lowest BCUT2D eigenvalue weighted by molar-refractivity contribution is 0.490. The van der Waals surface area contributed by atoms with E-state index in [1.807, 2.05) is 30.0 Å². The minimum Gasteiger partial charge on any atom is -0.271 e. The molecule has 2 rings (SSSR count). The van der Waals surface area contributed by atoms with Crippen molar-refractivity contribution >= 4 is 46.7 Å². The molecule has 0 spiro atoms. The van der Waals surface area contributed by atoms with Gasteiger partial charge in [-0.2, -0.15) is 23.5 Å². The van der Waals surface area contributed by atoms with Crippen LogP contribution in [-0.2, 0) is 6.42 Å². The van der Waals surface area contributed by atoms with Crippen LogP contribution in [0.2, 0.25) is 10.0 Å². The first-order valence-electron chi connectivity index (χ1n) is 6.79. The smallest absolute Gasteiger partial charge is 0.0453 e. The Morgan fingerprint density at radius 2 is 1.95 bits per heavy atom. The molecule has 3 N–H and O–H groups in total. The van der Waals surface area contributed by atoms with E-state index in [0.717, 1.165) is 28.5 Å². The van der Waals surface area contributed by atoms with Crippen molar-refractivity contribution in [1.29, 1.82) is 0 Å². The Hall–Kier alpha value is 0.420. The molecule has 0 aliphatic carbocycles. The summed E-state index contributed by atoms with van der Waals surface area (Å²) in [6.45, 7) is 2.24. The van der Waals surface area contributed by atoms with Gasteiger partial charge in [-0.3, -0.25) is 11.3 Å². The van der Waals surface area contributed by atoms with Gasteiger partial charge >= 0.3 is 0 Å². The number of benzene rings is 1. The highest BCUT2D eigenvalue weighted by Crippen LogP contribution is 2.37. The Morgan fingerprint density at radius 3 is 2.55 bits per heavy atom. The number of halogens is 2. The van der Waals surface area contributed by atoms with Crippen molar-refractivity contribution in [3.05, 3.63) is 33.8 Å². The largest absolute Gasteiger partial charge is 0.271 e. The second kappa shape index (κ2) is 8.16. The number of hydrogen-bond donors (Lipinski definition) is 2. The normalized spacial score (nSPS) is 24.6. The van der Waals surface area contributed by atoms with Crippen LogP contribution in [0.5, 0.6) is 0 Å². The first-order valence-corrected chi connectivity index (χ1v) is 9.65. The third-order valence-corrected chi connectivity index (χ3v) is 7.71. The molecule has 6 heteroatoms. The molecular formula is C14H20Cl2N2S2. The molecule has 3 atom stereocenters. The molecule has 1 heterocycles. The fourth-order valence-corrected chi connectivity index (χ4v) is 6.33. The number of nitrogens with one attached hydrogen (secondary N) is 1. The monoisotopic (exact) mass is 350 g/mol. The molecule has 0 amide bonds. The van der Waals surface area contributed by atoms with Crippen LogP contribution in [0.25, 0.3) is 0 Å². The summed E-state index contributed by atoms with van der Waals surface area (Å²) in [5.74, 6) is 8.22. The molecule has 1 aromatic carbocycles. The van der Waals surface area contributed by atoms with Crippen LogP contribution in [0.3, 0.4) is 0 Å². The molecule has 0 aromatic heterocycles. The molecule has 2 nitrogen and oxygen atoms in total. The van der Waals surface area contributed by atoms with Gasteiger partial charge in [0.15, 0.2) is 0 Å². The van der Waals surface area contributed by atoms with Gasteiger partial charge < -0.3 is 0 Å². The first kappa shape index (κ1) is 16.8. The summed E-state index contributed by atoms with van der Waals surface area (Å²) in [6, 6.07) is 5.83. The van der Waals surface area contributed by atoms with E-state index >= 15 is 0 Å². The maximum atomic E-state index is 6.27. The number of hydrogen-bond acceptors (Lipinski definition) is 4. The van der Waals surface area contributed by atoms with E-state index in [1.54, 1.807) is 0 Å². The fourth-order valence-electron chi connectivity index (χ4n) is 2.53. The van der Waals surface area contributed by atoms with E-state index in [-0.39, 0.29) is 6.04 Å². The Bertz CT molecular complexity index is 425. The quantitative estimate of drug-likeness (QED) is 0.621. The summed E-state index contributed by atoms with van der Waals surface area (Å²) in [4.78, 5) is 0. The van der Waals surface area contributed by atoms with Gasteiger partial charge in [0.25, 0.3) is 0 Å². The maximum Gasteiger partial charge on any atom is 0.0453 e. The van der Waals surface area contributed by atoms with Crippen molar-refractivity contribution < 1.29 is 0 Å². The van der Waals surface area contributed by atoms with E-state index in [4.69, 9.17) is 29.0 Å². The maximum absolute atomic E-state index is 6.27. The van der Waals surface area contributed by atoms with Gasteiger partial charge in [0, 0.05) is 38.1 Å². The van der Waals surface area contributed by atoms with Crippen LogP contribution in [0, 0.1) is 0 Å². The average molecular weight is 351 g/mol. The van der Waals surface area contributed by atoms with E-state index in [1.165, 1.54) is 11.5 Å². The van der Waals surface area contributed by atoms with Crippen molar-refractivity contribution in [3.63, 3.8) is 0 Å². The molecule has 0 bridgehead atoms. The van der Waals surface area contributed by atoms with Gasteiger partial charge in [0.05, 0.1) is 0 Å². The van der Waals surface area contributed by atoms with Crippen molar-refractivity contribution in [1.82, 2.24) is 5.43 Å². The number of nitrogens with two attached hydrogens (primary N) is 1. The van der Waals surface area contributed by atoms with Crippen molar-refractivity contribution in [2.75, 3.05) is 11.5 Å². The molecule has 3 unspecified atom stereocenters. The zero-order valence-electron chi connectivity index (χ0n) is 11.4. The van der Waals surface area contributed by atoms with Crippen LogP contribution in [0.4, 0.5) is 0 Å². The second-order valence-electron chi connectivity index (χ2n) is 4.83. The molecular weight excluding hydrogens is 331 g/mol. The minimum atomic E-state index is 0.190. The molecule has 0 radical (unpaired) electrons. The van der Waals surface area contributed by atoms with Gasteiger partial charge in [-0.15, -0.1) is 0 Å². The van der Waals surface area contributed by atoms with Gasteiger partial charge in [-0.25, -0.2) is 0 Å².